The molecule has 0 aromatic heterocycles. The molecule has 0 spiro atoms. The molecule has 1 aromatic carbocycles. The predicted octanol–water partition coefficient (Wildman–Crippen LogP) is 2.90. The summed E-state index contributed by atoms with van der Waals surface area (Å²) in [5.74, 6) is 0.701. The van der Waals surface area contributed by atoms with Gasteiger partial charge in [0.05, 0.1) is 6.61 Å². The van der Waals surface area contributed by atoms with Gasteiger partial charge in [0.1, 0.15) is 23.2 Å². The second kappa shape index (κ2) is 5.63. The molecule has 0 saturated heterocycles. The third kappa shape index (κ3) is 2.93. The molecule has 0 bridgehead atoms. The summed E-state index contributed by atoms with van der Waals surface area (Å²) >= 11 is 0. The van der Waals surface area contributed by atoms with Crippen molar-refractivity contribution in [3.8, 4) is 5.75 Å². The summed E-state index contributed by atoms with van der Waals surface area (Å²) in [5.41, 5.74) is -0.0172. The molecule has 1 aliphatic rings. The van der Waals surface area contributed by atoms with Crippen LogP contribution in [0, 0.1) is 0 Å². The maximum Gasteiger partial charge on any atom is 0.411 e. The quantitative estimate of drug-likeness (QED) is 0.806. The Balaban J connectivity index is 2.39. The number of hydrogen-bond acceptors (Lipinski definition) is 4. The molecule has 1 aliphatic heterocycles. The van der Waals surface area contributed by atoms with E-state index in [9.17, 15) is 9.59 Å². The van der Waals surface area contributed by atoms with Crippen molar-refractivity contribution in [2.24, 2.45) is 0 Å². The topological polar surface area (TPSA) is 55.8 Å². The minimum Gasteiger partial charge on any atom is -0.493 e. The molecule has 1 unspecified atom stereocenters. The summed E-state index contributed by atoms with van der Waals surface area (Å²) in [6.07, 6.45) is 1.03. The van der Waals surface area contributed by atoms with Crippen LogP contribution < -0.4 is 4.74 Å². The molecule has 1 heterocycles. The third-order valence-corrected chi connectivity index (χ3v) is 3.85. The Labute approximate surface area is 131 Å². The number of amides is 1. The fourth-order valence-corrected chi connectivity index (χ4v) is 2.46. The van der Waals surface area contributed by atoms with Crippen molar-refractivity contribution in [2.45, 2.75) is 45.3 Å². The highest BCUT2D eigenvalue weighted by atomic mass is 16.6. The average molecular weight is 305 g/mol. The van der Waals surface area contributed by atoms with Gasteiger partial charge in [-0.3, -0.25) is 4.90 Å². The van der Waals surface area contributed by atoms with Crippen molar-refractivity contribution < 1.29 is 19.1 Å². The number of carbonyl (C=O) groups excluding carboxylic acids is 2. The van der Waals surface area contributed by atoms with E-state index < -0.39 is 17.2 Å². The molecule has 0 aliphatic carbocycles. The molecule has 0 fully saturated rings. The van der Waals surface area contributed by atoms with E-state index in [0.29, 0.717) is 17.9 Å². The number of aldehydes is 1. The lowest BCUT2D eigenvalue weighted by Crippen LogP contribution is -2.48. The molecule has 2 rings (SSSR count). The summed E-state index contributed by atoms with van der Waals surface area (Å²) in [4.78, 5) is 25.5. The Morgan fingerprint density at radius 1 is 1.32 bits per heavy atom. The Kier molecular flexibility index (Phi) is 4.18. The second-order valence-electron chi connectivity index (χ2n) is 6.70. The number of likely N-dealkylation sites (N-methyl/N-ethyl adjacent to an activating group) is 1. The molecule has 0 radical (unpaired) electrons. The molecule has 1 amide bonds. The second-order valence-corrected chi connectivity index (χ2v) is 6.70. The first-order valence-corrected chi connectivity index (χ1v) is 7.37. The number of ether oxygens (including phenoxy) is 2. The summed E-state index contributed by atoms with van der Waals surface area (Å²) in [5, 5.41) is 0. The SMILES string of the molecule is CN(C(=O)OC(C)(C)C)C(C)(C=O)c1cccc2c1OCC2. The monoisotopic (exact) mass is 305 g/mol. The van der Waals surface area contributed by atoms with E-state index in [4.69, 9.17) is 9.47 Å². The lowest BCUT2D eigenvalue weighted by Gasteiger charge is -2.36. The lowest BCUT2D eigenvalue weighted by atomic mass is 9.90. The van der Waals surface area contributed by atoms with Crippen LogP contribution in [0.3, 0.4) is 0 Å². The first-order chi connectivity index (χ1) is 10.2. The number of benzene rings is 1. The lowest BCUT2D eigenvalue weighted by molar-refractivity contribution is -0.117. The third-order valence-electron chi connectivity index (χ3n) is 3.85. The fourth-order valence-electron chi connectivity index (χ4n) is 2.46. The average Bonchev–Trinajstić information content (AvgIpc) is 2.91. The van der Waals surface area contributed by atoms with Crippen LogP contribution in [0.5, 0.6) is 5.75 Å². The zero-order chi connectivity index (χ0) is 16.5. The zero-order valence-electron chi connectivity index (χ0n) is 13.8. The van der Waals surface area contributed by atoms with E-state index in [0.717, 1.165) is 18.3 Å². The molecule has 22 heavy (non-hydrogen) atoms. The van der Waals surface area contributed by atoms with Gasteiger partial charge in [0, 0.05) is 19.0 Å². The Morgan fingerprint density at radius 2 is 2.00 bits per heavy atom. The highest BCUT2D eigenvalue weighted by Crippen LogP contribution is 2.38. The van der Waals surface area contributed by atoms with E-state index in [1.807, 2.05) is 18.2 Å². The van der Waals surface area contributed by atoms with Gasteiger partial charge in [0.2, 0.25) is 0 Å². The number of fused-ring (bicyclic) bond motifs is 1. The highest BCUT2D eigenvalue weighted by molar-refractivity contribution is 5.79. The molecule has 5 nitrogen and oxygen atoms in total. The molecule has 120 valence electrons. The number of hydrogen-bond donors (Lipinski definition) is 0. The molecular weight excluding hydrogens is 282 g/mol. The van der Waals surface area contributed by atoms with Crippen LogP contribution in [0.1, 0.15) is 38.8 Å². The number of carbonyl (C=O) groups is 2. The normalized spacial score (nSPS) is 16.2. The van der Waals surface area contributed by atoms with E-state index in [1.165, 1.54) is 4.90 Å². The van der Waals surface area contributed by atoms with Crippen LogP contribution in [-0.2, 0) is 21.5 Å². The Morgan fingerprint density at radius 3 is 2.59 bits per heavy atom. The zero-order valence-corrected chi connectivity index (χ0v) is 13.8. The Hall–Kier alpha value is -2.04. The van der Waals surface area contributed by atoms with Crippen molar-refractivity contribution in [3.05, 3.63) is 29.3 Å². The van der Waals surface area contributed by atoms with Crippen molar-refractivity contribution in [3.63, 3.8) is 0 Å². The summed E-state index contributed by atoms with van der Waals surface area (Å²) < 4.78 is 11.0. The first-order valence-electron chi connectivity index (χ1n) is 7.37. The summed E-state index contributed by atoms with van der Waals surface area (Å²) in [6, 6.07) is 5.68. The van der Waals surface area contributed by atoms with Gasteiger partial charge < -0.3 is 14.3 Å². The molecule has 5 heteroatoms. The van der Waals surface area contributed by atoms with Gasteiger partial charge in [-0.2, -0.15) is 0 Å². The van der Waals surface area contributed by atoms with Crippen molar-refractivity contribution in [1.29, 1.82) is 0 Å². The fraction of sp³-hybridized carbons (Fsp3) is 0.529. The largest absolute Gasteiger partial charge is 0.493 e. The van der Waals surface area contributed by atoms with E-state index in [-0.39, 0.29) is 0 Å². The van der Waals surface area contributed by atoms with Crippen LogP contribution in [-0.4, -0.2) is 36.5 Å². The van der Waals surface area contributed by atoms with Gasteiger partial charge in [0.15, 0.2) is 0 Å². The van der Waals surface area contributed by atoms with Crippen LogP contribution in [0.4, 0.5) is 4.79 Å². The summed E-state index contributed by atoms with van der Waals surface area (Å²) in [6.45, 7) is 7.67. The molecule has 1 aromatic rings. The van der Waals surface area contributed by atoms with Crippen molar-refractivity contribution in [2.75, 3.05) is 13.7 Å². The van der Waals surface area contributed by atoms with E-state index in [2.05, 4.69) is 0 Å². The summed E-state index contributed by atoms with van der Waals surface area (Å²) in [7, 11) is 1.57. The smallest absolute Gasteiger partial charge is 0.411 e. The number of rotatable bonds is 3. The molecule has 0 saturated carbocycles. The Bertz CT molecular complexity index is 591. The van der Waals surface area contributed by atoms with Crippen LogP contribution in [0.25, 0.3) is 0 Å². The van der Waals surface area contributed by atoms with Gasteiger partial charge in [-0.05, 0) is 33.3 Å². The minimum atomic E-state index is -1.14. The van der Waals surface area contributed by atoms with Crippen molar-refractivity contribution in [1.82, 2.24) is 4.90 Å². The maximum atomic E-state index is 12.3. The molecule has 1 atom stereocenters. The van der Waals surface area contributed by atoms with Gasteiger partial charge >= 0.3 is 6.09 Å². The number of para-hydroxylation sites is 1. The van der Waals surface area contributed by atoms with Gasteiger partial charge in [-0.1, -0.05) is 18.2 Å². The van der Waals surface area contributed by atoms with E-state index in [1.54, 1.807) is 34.7 Å². The minimum absolute atomic E-state index is 0.544. The van der Waals surface area contributed by atoms with Crippen LogP contribution >= 0.6 is 0 Å². The molecular formula is C17H23NO4. The van der Waals surface area contributed by atoms with Gasteiger partial charge in [0.25, 0.3) is 0 Å². The van der Waals surface area contributed by atoms with Crippen LogP contribution in [0.15, 0.2) is 18.2 Å². The highest BCUT2D eigenvalue weighted by Gasteiger charge is 2.40. The van der Waals surface area contributed by atoms with Gasteiger partial charge in [-0.25, -0.2) is 4.79 Å². The van der Waals surface area contributed by atoms with Crippen LogP contribution in [0.2, 0.25) is 0 Å². The first kappa shape index (κ1) is 16.3. The maximum absolute atomic E-state index is 12.3. The number of nitrogens with zero attached hydrogens (tertiary/aromatic N) is 1. The van der Waals surface area contributed by atoms with Crippen molar-refractivity contribution >= 4 is 12.4 Å². The molecule has 0 N–H and O–H groups in total. The standard InChI is InChI=1S/C17H23NO4/c1-16(2,3)22-15(20)18(5)17(4,11-19)13-8-6-7-12-9-10-21-14(12)13/h6-8,11H,9-10H2,1-5H3. The van der Waals surface area contributed by atoms with E-state index >= 15 is 0 Å². The van der Waals surface area contributed by atoms with Gasteiger partial charge in [-0.15, -0.1) is 0 Å². The predicted molar refractivity (Wildman–Crippen MR) is 83.1 cm³/mol.